The van der Waals surface area contributed by atoms with Crippen LogP contribution in [0.5, 0.6) is 11.5 Å². The fourth-order valence-corrected chi connectivity index (χ4v) is 4.03. The second kappa shape index (κ2) is 13.1. The summed E-state index contributed by atoms with van der Waals surface area (Å²) in [7, 11) is 7.76. The Kier molecular flexibility index (Phi) is 9.59. The molecule has 4 rings (SSSR count). The number of fused-ring (bicyclic) bond motifs is 2. The second-order valence-electron chi connectivity index (χ2n) is 9.54. The summed E-state index contributed by atoms with van der Waals surface area (Å²) in [5.74, 6) is 1.16. The van der Waals surface area contributed by atoms with E-state index in [0.717, 1.165) is 33.6 Å². The first kappa shape index (κ1) is 30.1. The van der Waals surface area contributed by atoms with Crippen LogP contribution in [0.25, 0.3) is 11.1 Å². The molecule has 2 aliphatic heterocycles. The minimum Gasteiger partial charge on any atom is -0.462 e. The van der Waals surface area contributed by atoms with Crippen LogP contribution in [0.15, 0.2) is 71.2 Å². The summed E-state index contributed by atoms with van der Waals surface area (Å²) in [4.78, 5) is 15.8. The number of hydrogen-bond acceptors (Lipinski definition) is 9. The Labute approximate surface area is 240 Å². The largest absolute Gasteiger partial charge is 0.462 e. The predicted molar refractivity (Wildman–Crippen MR) is 158 cm³/mol. The molecule has 0 unspecified atom stereocenters. The van der Waals surface area contributed by atoms with Gasteiger partial charge in [0.05, 0.1) is 6.61 Å². The molecular formula is C32H31N5O4. The number of ether oxygens (including phenoxy) is 3. The molecule has 2 aliphatic rings. The Morgan fingerprint density at radius 3 is 1.66 bits per heavy atom. The van der Waals surface area contributed by atoms with E-state index in [0.29, 0.717) is 17.3 Å². The van der Waals surface area contributed by atoms with Gasteiger partial charge in [-0.2, -0.15) is 15.8 Å². The molecule has 0 fully saturated rings. The number of esters is 1. The van der Waals surface area contributed by atoms with E-state index in [1.54, 1.807) is 19.1 Å². The van der Waals surface area contributed by atoms with Crippen LogP contribution < -0.4 is 19.3 Å². The van der Waals surface area contributed by atoms with Crippen LogP contribution in [0, 0.1) is 34.0 Å². The Morgan fingerprint density at radius 1 is 0.780 bits per heavy atom. The van der Waals surface area contributed by atoms with Crippen LogP contribution in [0.1, 0.15) is 31.9 Å². The van der Waals surface area contributed by atoms with Crippen molar-refractivity contribution in [1.29, 1.82) is 15.8 Å². The number of benzene rings is 2. The number of carbonyl (C=O) groups excluding carboxylic acids is 1. The average molecular weight is 550 g/mol. The van der Waals surface area contributed by atoms with E-state index in [1.807, 2.05) is 106 Å². The van der Waals surface area contributed by atoms with Crippen LogP contribution in [0.2, 0.25) is 0 Å². The van der Waals surface area contributed by atoms with E-state index in [-0.39, 0.29) is 23.5 Å². The van der Waals surface area contributed by atoms with Crippen LogP contribution >= 0.6 is 0 Å². The molecule has 0 aliphatic carbocycles. The fraction of sp³-hybridized carbons (Fsp3) is 0.250. The lowest BCUT2D eigenvalue weighted by molar-refractivity contribution is -0.138. The van der Waals surface area contributed by atoms with E-state index >= 15 is 0 Å². The molecule has 2 aromatic rings. The van der Waals surface area contributed by atoms with Crippen molar-refractivity contribution in [2.24, 2.45) is 0 Å². The Balaban J connectivity index is 0.000000228. The van der Waals surface area contributed by atoms with Gasteiger partial charge in [0.25, 0.3) is 0 Å². The van der Waals surface area contributed by atoms with Gasteiger partial charge in [0.2, 0.25) is 0 Å². The average Bonchev–Trinajstić information content (AvgIpc) is 2.94. The van der Waals surface area contributed by atoms with E-state index in [1.165, 1.54) is 0 Å². The third-order valence-electron chi connectivity index (χ3n) is 6.26. The molecule has 0 spiro atoms. The molecule has 9 heteroatoms. The van der Waals surface area contributed by atoms with Crippen molar-refractivity contribution in [2.45, 2.75) is 20.8 Å². The van der Waals surface area contributed by atoms with E-state index in [9.17, 15) is 10.1 Å². The smallest absolute Gasteiger partial charge is 0.352 e. The molecule has 0 N–H and O–H groups in total. The molecule has 0 saturated carbocycles. The van der Waals surface area contributed by atoms with E-state index in [2.05, 4.69) is 0 Å². The first-order valence-electron chi connectivity index (χ1n) is 12.8. The number of allylic oxidation sites excluding steroid dienone is 5. The highest BCUT2D eigenvalue weighted by atomic mass is 16.5. The van der Waals surface area contributed by atoms with Gasteiger partial charge in [-0.25, -0.2) is 4.79 Å². The minimum absolute atomic E-state index is 0.0137. The second-order valence-corrected chi connectivity index (χ2v) is 9.54. The lowest BCUT2D eigenvalue weighted by Crippen LogP contribution is -2.14. The third kappa shape index (κ3) is 6.76. The Bertz CT molecular complexity index is 1610. The van der Waals surface area contributed by atoms with Gasteiger partial charge in [0, 0.05) is 62.8 Å². The van der Waals surface area contributed by atoms with Crippen LogP contribution in [-0.4, -0.2) is 40.8 Å². The molecule has 9 nitrogen and oxygen atoms in total. The molecule has 2 aromatic carbocycles. The Hall–Kier alpha value is -5.46. The van der Waals surface area contributed by atoms with Crippen molar-refractivity contribution in [3.8, 4) is 29.7 Å². The van der Waals surface area contributed by atoms with Gasteiger partial charge in [-0.05, 0) is 68.3 Å². The fourth-order valence-electron chi connectivity index (χ4n) is 4.03. The molecule has 0 bridgehead atoms. The monoisotopic (exact) mass is 549 g/mol. The van der Waals surface area contributed by atoms with Gasteiger partial charge < -0.3 is 24.0 Å². The van der Waals surface area contributed by atoms with Gasteiger partial charge in [-0.1, -0.05) is 0 Å². The normalized spacial score (nSPS) is 13.8. The highest BCUT2D eigenvalue weighted by molar-refractivity contribution is 5.95. The summed E-state index contributed by atoms with van der Waals surface area (Å²) in [6.07, 6.45) is 3.41. The van der Waals surface area contributed by atoms with Crippen LogP contribution in [0.3, 0.4) is 0 Å². The van der Waals surface area contributed by atoms with Crippen molar-refractivity contribution < 1.29 is 19.0 Å². The van der Waals surface area contributed by atoms with E-state index < -0.39 is 5.97 Å². The maximum absolute atomic E-state index is 11.8. The molecular weight excluding hydrogens is 518 g/mol. The van der Waals surface area contributed by atoms with Crippen molar-refractivity contribution >= 4 is 28.5 Å². The first-order chi connectivity index (χ1) is 19.5. The van der Waals surface area contributed by atoms with Gasteiger partial charge in [0.15, 0.2) is 22.7 Å². The van der Waals surface area contributed by atoms with Gasteiger partial charge >= 0.3 is 5.97 Å². The standard InChI is InChI=1S/C17H18N2O3.C15H13N3O/c1-5-21-17(20)14(10-18)15-8-11(2)13-7-6-12(19(3)4)9-16(13)22-15;1-10-6-14(11(8-16)9-17)19-15-7-12(18(2)3)4-5-13(10)15/h6-9H,5H2,1-4H3;4-7H,1-3H3. The molecule has 0 aromatic heterocycles. The molecule has 0 saturated heterocycles. The molecule has 208 valence electrons. The minimum atomic E-state index is -0.670. The van der Waals surface area contributed by atoms with Gasteiger partial charge in [-0.15, -0.1) is 0 Å². The Morgan fingerprint density at radius 2 is 1.24 bits per heavy atom. The number of carbonyl (C=O) groups is 1. The van der Waals surface area contributed by atoms with Gasteiger partial charge in [0.1, 0.15) is 29.7 Å². The third-order valence-corrected chi connectivity index (χ3v) is 6.26. The zero-order valence-electron chi connectivity index (χ0n) is 24.2. The number of nitrogens with zero attached hydrogens (tertiary/aromatic N) is 5. The summed E-state index contributed by atoms with van der Waals surface area (Å²) >= 11 is 0. The zero-order chi connectivity index (χ0) is 30.3. The molecule has 0 radical (unpaired) electrons. The highest BCUT2D eigenvalue weighted by Crippen LogP contribution is 2.37. The lowest BCUT2D eigenvalue weighted by Gasteiger charge is -2.21. The zero-order valence-corrected chi connectivity index (χ0v) is 24.2. The number of rotatable bonds is 4. The quantitative estimate of drug-likeness (QED) is 0.267. The van der Waals surface area contributed by atoms with Crippen LogP contribution in [-0.2, 0) is 9.53 Å². The first-order valence-corrected chi connectivity index (χ1v) is 12.8. The van der Waals surface area contributed by atoms with Gasteiger partial charge in [-0.3, -0.25) is 0 Å². The lowest BCUT2D eigenvalue weighted by atomic mass is 10.0. The maximum atomic E-state index is 11.8. The summed E-state index contributed by atoms with van der Waals surface area (Å²) in [5, 5.41) is 27.0. The molecule has 0 amide bonds. The highest BCUT2D eigenvalue weighted by Gasteiger charge is 2.23. The predicted octanol–water partition coefficient (Wildman–Crippen LogP) is 5.74. The maximum Gasteiger partial charge on any atom is 0.352 e. The van der Waals surface area contributed by atoms with Crippen molar-refractivity contribution in [1.82, 2.24) is 0 Å². The summed E-state index contributed by atoms with van der Waals surface area (Å²) in [6, 6.07) is 17.3. The molecule has 41 heavy (non-hydrogen) atoms. The van der Waals surface area contributed by atoms with Crippen molar-refractivity contribution in [2.75, 3.05) is 44.6 Å². The number of anilines is 2. The van der Waals surface area contributed by atoms with Crippen molar-refractivity contribution in [3.63, 3.8) is 0 Å². The summed E-state index contributed by atoms with van der Waals surface area (Å²) < 4.78 is 16.3. The number of hydrogen-bond donors (Lipinski definition) is 0. The summed E-state index contributed by atoms with van der Waals surface area (Å²) in [6.45, 7) is 5.75. The van der Waals surface area contributed by atoms with Crippen molar-refractivity contribution in [3.05, 3.63) is 82.3 Å². The topological polar surface area (TPSA) is 123 Å². The van der Waals surface area contributed by atoms with E-state index in [4.69, 9.17) is 24.7 Å². The molecule has 0 atom stereocenters. The molecule has 2 heterocycles. The summed E-state index contributed by atoms with van der Waals surface area (Å²) in [5.41, 5.74) is 5.66. The van der Waals surface area contributed by atoms with Crippen LogP contribution in [0.4, 0.5) is 11.4 Å². The SMILES string of the molecule is CC1=CC(=C(C#N)C#N)Oc2cc(N(C)C)ccc21.CCOC(=O)C(C#N)=C1C=C(C)c2ccc(N(C)C)cc2O1. The number of nitriles is 3.